The number of carbonyl (C=O) groups is 3. The summed E-state index contributed by atoms with van der Waals surface area (Å²) in [5.41, 5.74) is -3.39. The summed E-state index contributed by atoms with van der Waals surface area (Å²) in [5.74, 6) is -6.10. The van der Waals surface area contributed by atoms with E-state index in [2.05, 4.69) is 20.9 Å². The number of pyridine rings is 1. The van der Waals surface area contributed by atoms with Crippen LogP contribution in [0.5, 0.6) is 0 Å². The molecule has 3 saturated carbocycles. The predicted molar refractivity (Wildman–Crippen MR) is 114 cm³/mol. The Morgan fingerprint density at radius 3 is 2.31 bits per heavy atom. The first-order valence-electron chi connectivity index (χ1n) is 10.6. The minimum Gasteiger partial charge on any atom is -0.381 e. The first kappa shape index (κ1) is 27.1. The highest BCUT2D eigenvalue weighted by molar-refractivity contribution is 6.31. The van der Waals surface area contributed by atoms with Crippen LogP contribution in [0.3, 0.4) is 0 Å². The predicted octanol–water partition coefficient (Wildman–Crippen LogP) is 3.05. The standard InChI is InChI=1S/C21H24ClF5N4O4/c1-18(23,24)4-3-12(13(32)16(34)28-2)30-15(33)11-5-10(22)6-29-14(11)31-17(35)19-7-20(8-19,9-19)21(25,26)27/h5-6,12-13,32H,3-4,7-9H2,1-2H3,(H,28,34)(H,30,33)(H,29,31,35)/t12-,13-,19?,20?/m0/s1. The number of hydrogen-bond acceptors (Lipinski definition) is 5. The maximum absolute atomic E-state index is 13.4. The summed E-state index contributed by atoms with van der Waals surface area (Å²) >= 11 is 5.90. The summed E-state index contributed by atoms with van der Waals surface area (Å²) < 4.78 is 66.0. The second kappa shape index (κ2) is 9.16. The van der Waals surface area contributed by atoms with Crippen molar-refractivity contribution in [2.75, 3.05) is 12.4 Å². The molecule has 0 unspecified atom stereocenters. The normalized spacial score (nSPS) is 24.9. The summed E-state index contributed by atoms with van der Waals surface area (Å²) in [5, 5.41) is 17.0. The van der Waals surface area contributed by atoms with Crippen LogP contribution in [-0.4, -0.2) is 59.1 Å². The molecule has 1 heterocycles. The number of amides is 3. The minimum atomic E-state index is -4.41. The fourth-order valence-corrected chi connectivity index (χ4v) is 4.73. The fraction of sp³-hybridized carbons (Fsp3) is 0.619. The summed E-state index contributed by atoms with van der Waals surface area (Å²) in [6.07, 6.45) is -7.50. The Morgan fingerprint density at radius 1 is 1.20 bits per heavy atom. The van der Waals surface area contributed by atoms with Crippen molar-refractivity contribution in [1.82, 2.24) is 15.6 Å². The molecule has 0 aromatic carbocycles. The van der Waals surface area contributed by atoms with Crippen LogP contribution in [0, 0.1) is 10.8 Å². The number of nitrogens with one attached hydrogen (secondary N) is 3. The monoisotopic (exact) mass is 526 g/mol. The molecule has 3 amide bonds. The van der Waals surface area contributed by atoms with E-state index >= 15 is 0 Å². The lowest BCUT2D eigenvalue weighted by Crippen LogP contribution is -2.71. The second-order valence-electron chi connectivity index (χ2n) is 9.34. The molecule has 0 saturated heterocycles. The molecule has 35 heavy (non-hydrogen) atoms. The Kier molecular flexibility index (Phi) is 7.08. The van der Waals surface area contributed by atoms with E-state index < -0.39 is 65.6 Å². The van der Waals surface area contributed by atoms with Crippen molar-refractivity contribution in [2.45, 2.75) is 63.3 Å². The number of anilines is 1. The molecule has 2 bridgehead atoms. The van der Waals surface area contributed by atoms with Crippen LogP contribution in [0.25, 0.3) is 0 Å². The van der Waals surface area contributed by atoms with Gasteiger partial charge in [-0.15, -0.1) is 0 Å². The Hall–Kier alpha value is -2.54. The number of alkyl halides is 5. The molecule has 4 N–H and O–H groups in total. The van der Waals surface area contributed by atoms with Gasteiger partial charge < -0.3 is 21.1 Å². The van der Waals surface area contributed by atoms with Crippen LogP contribution in [0.1, 0.15) is 49.4 Å². The smallest absolute Gasteiger partial charge is 0.381 e. The van der Waals surface area contributed by atoms with Gasteiger partial charge in [0.25, 0.3) is 11.8 Å². The number of aromatic nitrogens is 1. The molecule has 0 radical (unpaired) electrons. The quantitative estimate of drug-likeness (QED) is 0.369. The van der Waals surface area contributed by atoms with Gasteiger partial charge in [0.15, 0.2) is 6.10 Å². The zero-order valence-electron chi connectivity index (χ0n) is 18.7. The van der Waals surface area contributed by atoms with E-state index in [1.807, 2.05) is 0 Å². The zero-order chi connectivity index (χ0) is 26.4. The topological polar surface area (TPSA) is 120 Å². The largest absolute Gasteiger partial charge is 0.394 e. The van der Waals surface area contributed by atoms with Crippen molar-refractivity contribution in [3.63, 3.8) is 0 Å². The van der Waals surface area contributed by atoms with Gasteiger partial charge in [-0.05, 0) is 38.7 Å². The summed E-state index contributed by atoms with van der Waals surface area (Å²) in [4.78, 5) is 41.3. The highest BCUT2D eigenvalue weighted by Crippen LogP contribution is 2.78. The third-order valence-corrected chi connectivity index (χ3v) is 6.76. The molecule has 3 aliphatic carbocycles. The molecule has 4 rings (SSSR count). The lowest BCUT2D eigenvalue weighted by Gasteiger charge is -2.68. The van der Waals surface area contributed by atoms with Crippen LogP contribution in [0.4, 0.5) is 27.8 Å². The fourth-order valence-electron chi connectivity index (χ4n) is 4.58. The number of aliphatic hydroxyl groups excluding tert-OH is 1. The van der Waals surface area contributed by atoms with Gasteiger partial charge in [-0.25, -0.2) is 13.8 Å². The Morgan fingerprint density at radius 2 is 1.80 bits per heavy atom. The van der Waals surface area contributed by atoms with Gasteiger partial charge >= 0.3 is 6.18 Å². The SMILES string of the molecule is CNC(=O)[C@@H](O)[C@H](CCC(C)(F)F)NC(=O)c1cc(Cl)cnc1NC(=O)C12CC(C(F)(F)F)(C1)C2. The highest BCUT2D eigenvalue weighted by Gasteiger charge is 2.80. The minimum absolute atomic E-state index is 0.0295. The van der Waals surface area contributed by atoms with Gasteiger partial charge in [0.2, 0.25) is 11.8 Å². The zero-order valence-corrected chi connectivity index (χ0v) is 19.5. The average Bonchev–Trinajstić information content (AvgIpc) is 2.67. The first-order chi connectivity index (χ1) is 16.0. The molecule has 194 valence electrons. The van der Waals surface area contributed by atoms with Crippen LogP contribution in [0.15, 0.2) is 12.3 Å². The molecule has 0 spiro atoms. The average molecular weight is 527 g/mol. The Balaban J connectivity index is 1.76. The van der Waals surface area contributed by atoms with Gasteiger partial charge in [-0.3, -0.25) is 14.4 Å². The van der Waals surface area contributed by atoms with Crippen molar-refractivity contribution in [3.8, 4) is 0 Å². The summed E-state index contributed by atoms with van der Waals surface area (Å²) in [7, 11) is 1.21. The maximum atomic E-state index is 13.4. The van der Waals surface area contributed by atoms with E-state index in [-0.39, 0.29) is 35.7 Å². The van der Waals surface area contributed by atoms with E-state index in [0.717, 1.165) is 12.3 Å². The summed E-state index contributed by atoms with van der Waals surface area (Å²) in [6.45, 7) is 0.639. The van der Waals surface area contributed by atoms with Crippen LogP contribution in [-0.2, 0) is 9.59 Å². The van der Waals surface area contributed by atoms with Gasteiger partial charge in [-0.2, -0.15) is 13.2 Å². The van der Waals surface area contributed by atoms with E-state index in [0.29, 0.717) is 6.92 Å². The Labute approximate surface area is 202 Å². The number of halogens is 6. The molecule has 0 aliphatic heterocycles. The van der Waals surface area contributed by atoms with E-state index in [9.17, 15) is 41.4 Å². The van der Waals surface area contributed by atoms with Crippen molar-refractivity contribution in [1.29, 1.82) is 0 Å². The molecule has 1 aromatic rings. The first-order valence-corrected chi connectivity index (χ1v) is 11.0. The van der Waals surface area contributed by atoms with E-state index in [1.165, 1.54) is 7.05 Å². The van der Waals surface area contributed by atoms with Gasteiger partial charge in [0.05, 0.1) is 27.5 Å². The number of rotatable bonds is 9. The Bertz CT molecular complexity index is 1010. The number of hydrogen-bond donors (Lipinski definition) is 4. The number of carbonyl (C=O) groups excluding carboxylic acids is 3. The maximum Gasteiger partial charge on any atom is 0.394 e. The van der Waals surface area contributed by atoms with Crippen LogP contribution < -0.4 is 16.0 Å². The highest BCUT2D eigenvalue weighted by atomic mass is 35.5. The number of aliphatic hydroxyl groups is 1. The summed E-state index contributed by atoms with van der Waals surface area (Å²) in [6, 6.07) is -0.323. The van der Waals surface area contributed by atoms with E-state index in [4.69, 9.17) is 11.6 Å². The van der Waals surface area contributed by atoms with E-state index in [1.54, 1.807) is 0 Å². The third kappa shape index (κ3) is 5.35. The lowest BCUT2D eigenvalue weighted by atomic mass is 9.34. The van der Waals surface area contributed by atoms with Crippen LogP contribution in [0.2, 0.25) is 5.02 Å². The molecule has 3 fully saturated rings. The second-order valence-corrected chi connectivity index (χ2v) is 9.78. The van der Waals surface area contributed by atoms with Crippen molar-refractivity contribution >= 4 is 35.1 Å². The molecule has 14 heteroatoms. The lowest BCUT2D eigenvalue weighted by molar-refractivity contribution is -0.349. The van der Waals surface area contributed by atoms with Crippen LogP contribution >= 0.6 is 11.6 Å². The number of likely N-dealkylation sites (N-methyl/N-ethyl adjacent to an activating group) is 1. The third-order valence-electron chi connectivity index (χ3n) is 6.55. The molecule has 2 atom stereocenters. The van der Waals surface area contributed by atoms with Gasteiger partial charge in [0, 0.05) is 19.7 Å². The van der Waals surface area contributed by atoms with Crippen molar-refractivity contribution in [3.05, 3.63) is 22.8 Å². The molecule has 8 nitrogen and oxygen atoms in total. The van der Waals surface area contributed by atoms with Gasteiger partial charge in [-0.1, -0.05) is 11.6 Å². The van der Waals surface area contributed by atoms with Gasteiger partial charge in [0.1, 0.15) is 5.82 Å². The molecular formula is C21H24ClF5N4O4. The molecule has 3 aliphatic rings. The molecule has 1 aromatic heterocycles. The van der Waals surface area contributed by atoms with Crippen molar-refractivity contribution < 1.29 is 41.4 Å². The van der Waals surface area contributed by atoms with Crippen molar-refractivity contribution in [2.24, 2.45) is 10.8 Å². The number of nitrogens with zero attached hydrogens (tertiary/aromatic N) is 1. The molecular weight excluding hydrogens is 503 g/mol.